The molecule has 0 bridgehead atoms. The van der Waals surface area contributed by atoms with E-state index < -0.39 is 18.0 Å². The van der Waals surface area contributed by atoms with Gasteiger partial charge in [-0.3, -0.25) is 4.79 Å². The van der Waals surface area contributed by atoms with E-state index in [1.54, 1.807) is 24.3 Å². The minimum absolute atomic E-state index is 0.342. The number of methoxy groups -OCH3 is 1. The maximum Gasteiger partial charge on any atom is 0.338 e. The molecule has 0 fully saturated rings. The van der Waals surface area contributed by atoms with Crippen LogP contribution in [0, 0.1) is 0 Å². The van der Waals surface area contributed by atoms with Gasteiger partial charge in [-0.15, -0.1) is 0 Å². The normalized spacial score (nSPS) is 11.6. The molecule has 1 atom stereocenters. The van der Waals surface area contributed by atoms with Crippen LogP contribution in [0.25, 0.3) is 0 Å². The number of hydrogen-bond acceptors (Lipinski definition) is 4. The Morgan fingerprint density at radius 2 is 1.81 bits per heavy atom. The predicted octanol–water partition coefficient (Wildman–Crippen LogP) is 0.726. The Bertz CT molecular complexity index is 385. The molecule has 16 heavy (non-hydrogen) atoms. The molecule has 0 aliphatic heterocycles. The summed E-state index contributed by atoms with van der Waals surface area (Å²) in [5.74, 6) is -0.629. The summed E-state index contributed by atoms with van der Waals surface area (Å²) >= 11 is 0. The van der Waals surface area contributed by atoms with Crippen LogP contribution in [0.1, 0.15) is 17.3 Å². The molecular formula is C11H13NO4. The zero-order valence-corrected chi connectivity index (χ0v) is 9.10. The molecule has 5 heteroatoms. The van der Waals surface area contributed by atoms with E-state index in [2.05, 4.69) is 0 Å². The Labute approximate surface area is 93.1 Å². The van der Waals surface area contributed by atoms with Crippen molar-refractivity contribution < 1.29 is 19.1 Å². The maximum absolute atomic E-state index is 11.5. The van der Waals surface area contributed by atoms with Crippen molar-refractivity contribution in [2.45, 2.75) is 13.0 Å². The van der Waals surface area contributed by atoms with Crippen LogP contribution < -0.4 is 10.5 Å². The lowest BCUT2D eigenvalue weighted by Crippen LogP contribution is -2.30. The van der Waals surface area contributed by atoms with E-state index in [-0.39, 0.29) is 0 Å². The third-order valence-electron chi connectivity index (χ3n) is 2.01. The van der Waals surface area contributed by atoms with Gasteiger partial charge in [0.2, 0.25) is 0 Å². The molecule has 1 rings (SSSR count). The first-order chi connectivity index (χ1) is 7.54. The number of esters is 1. The van der Waals surface area contributed by atoms with Gasteiger partial charge in [-0.1, -0.05) is 0 Å². The summed E-state index contributed by atoms with van der Waals surface area (Å²) in [7, 11) is 1.53. The van der Waals surface area contributed by atoms with E-state index in [0.29, 0.717) is 11.3 Å². The number of nitrogens with two attached hydrogens (primary N) is 1. The zero-order chi connectivity index (χ0) is 12.1. The molecule has 0 radical (unpaired) electrons. The fourth-order valence-electron chi connectivity index (χ4n) is 1.01. The maximum atomic E-state index is 11.5. The van der Waals surface area contributed by atoms with Crippen LogP contribution in [0.5, 0.6) is 5.75 Å². The van der Waals surface area contributed by atoms with Crippen molar-refractivity contribution in [3.05, 3.63) is 29.8 Å². The van der Waals surface area contributed by atoms with Gasteiger partial charge in [0.25, 0.3) is 5.91 Å². The van der Waals surface area contributed by atoms with Gasteiger partial charge in [0.1, 0.15) is 5.75 Å². The average Bonchev–Trinajstić information content (AvgIpc) is 2.28. The van der Waals surface area contributed by atoms with Gasteiger partial charge >= 0.3 is 5.97 Å². The first-order valence-corrected chi connectivity index (χ1v) is 4.69. The lowest BCUT2D eigenvalue weighted by molar-refractivity contribution is -0.125. The van der Waals surface area contributed by atoms with Crippen molar-refractivity contribution in [1.82, 2.24) is 0 Å². The summed E-state index contributed by atoms with van der Waals surface area (Å²) in [5, 5.41) is 0. The average molecular weight is 223 g/mol. The molecule has 0 spiro atoms. The minimum Gasteiger partial charge on any atom is -0.497 e. The van der Waals surface area contributed by atoms with Crippen molar-refractivity contribution in [2.24, 2.45) is 5.73 Å². The summed E-state index contributed by atoms with van der Waals surface area (Å²) in [5.41, 5.74) is 5.31. The number of carbonyl (C=O) groups is 2. The van der Waals surface area contributed by atoms with Crippen LogP contribution >= 0.6 is 0 Å². The second-order valence-corrected chi connectivity index (χ2v) is 3.18. The fourth-order valence-corrected chi connectivity index (χ4v) is 1.01. The Morgan fingerprint density at radius 1 is 1.25 bits per heavy atom. The van der Waals surface area contributed by atoms with Crippen molar-refractivity contribution in [3.8, 4) is 5.75 Å². The van der Waals surface area contributed by atoms with Gasteiger partial charge in [0.15, 0.2) is 6.10 Å². The lowest BCUT2D eigenvalue weighted by atomic mass is 10.2. The first-order valence-electron chi connectivity index (χ1n) is 4.69. The van der Waals surface area contributed by atoms with Crippen LogP contribution in [-0.4, -0.2) is 25.1 Å². The monoisotopic (exact) mass is 223 g/mol. The number of rotatable bonds is 4. The van der Waals surface area contributed by atoms with Crippen molar-refractivity contribution >= 4 is 11.9 Å². The van der Waals surface area contributed by atoms with E-state index in [4.69, 9.17) is 15.2 Å². The van der Waals surface area contributed by atoms with E-state index in [0.717, 1.165) is 0 Å². The van der Waals surface area contributed by atoms with Crippen molar-refractivity contribution in [2.75, 3.05) is 7.11 Å². The van der Waals surface area contributed by atoms with Gasteiger partial charge in [-0.25, -0.2) is 4.79 Å². The number of benzene rings is 1. The highest BCUT2D eigenvalue weighted by atomic mass is 16.5. The summed E-state index contributed by atoms with van der Waals surface area (Å²) in [4.78, 5) is 22.2. The van der Waals surface area contributed by atoms with E-state index >= 15 is 0 Å². The van der Waals surface area contributed by atoms with Crippen LogP contribution in [-0.2, 0) is 9.53 Å². The van der Waals surface area contributed by atoms with Gasteiger partial charge in [0, 0.05) is 0 Å². The van der Waals surface area contributed by atoms with E-state index in [1.807, 2.05) is 0 Å². The molecule has 0 aliphatic carbocycles. The third kappa shape index (κ3) is 2.98. The lowest BCUT2D eigenvalue weighted by Gasteiger charge is -2.09. The number of amides is 1. The molecule has 86 valence electrons. The molecular weight excluding hydrogens is 210 g/mol. The SMILES string of the molecule is COc1ccc(C(=O)O[C@H](C)C(N)=O)cc1. The van der Waals surface area contributed by atoms with E-state index in [1.165, 1.54) is 14.0 Å². The Kier molecular flexibility index (Phi) is 3.88. The smallest absolute Gasteiger partial charge is 0.338 e. The quantitative estimate of drug-likeness (QED) is 0.763. The molecule has 0 unspecified atom stereocenters. The van der Waals surface area contributed by atoms with Crippen LogP contribution in [0.15, 0.2) is 24.3 Å². The summed E-state index contributed by atoms with van der Waals surface area (Å²) in [6.07, 6.45) is -0.936. The molecule has 0 aromatic heterocycles. The van der Waals surface area contributed by atoms with Crippen LogP contribution in [0.2, 0.25) is 0 Å². The van der Waals surface area contributed by atoms with Crippen LogP contribution in [0.4, 0.5) is 0 Å². The second kappa shape index (κ2) is 5.16. The van der Waals surface area contributed by atoms with Gasteiger partial charge in [-0.05, 0) is 31.2 Å². The molecule has 0 saturated carbocycles. The number of hydrogen-bond donors (Lipinski definition) is 1. The minimum atomic E-state index is -0.936. The van der Waals surface area contributed by atoms with Gasteiger partial charge in [-0.2, -0.15) is 0 Å². The Balaban J connectivity index is 2.69. The fraction of sp³-hybridized carbons (Fsp3) is 0.273. The Morgan fingerprint density at radius 3 is 2.25 bits per heavy atom. The van der Waals surface area contributed by atoms with Gasteiger partial charge < -0.3 is 15.2 Å². The topological polar surface area (TPSA) is 78.6 Å². The molecule has 0 aliphatic rings. The molecule has 0 heterocycles. The number of primary amides is 1. The molecule has 5 nitrogen and oxygen atoms in total. The van der Waals surface area contributed by atoms with Crippen molar-refractivity contribution in [1.29, 1.82) is 0 Å². The highest BCUT2D eigenvalue weighted by Crippen LogP contribution is 2.12. The summed E-state index contributed by atoms with van der Waals surface area (Å²) in [6, 6.07) is 6.36. The second-order valence-electron chi connectivity index (χ2n) is 3.18. The Hall–Kier alpha value is -2.04. The molecule has 1 aromatic carbocycles. The zero-order valence-electron chi connectivity index (χ0n) is 9.10. The molecule has 0 saturated heterocycles. The van der Waals surface area contributed by atoms with E-state index in [9.17, 15) is 9.59 Å². The standard InChI is InChI=1S/C11H13NO4/c1-7(10(12)13)16-11(14)8-3-5-9(15-2)6-4-8/h3-7H,1-2H3,(H2,12,13)/t7-/m1/s1. The summed E-state index contributed by atoms with van der Waals surface area (Å²) < 4.78 is 9.76. The first kappa shape index (κ1) is 12.0. The highest BCUT2D eigenvalue weighted by Gasteiger charge is 2.15. The molecule has 1 aromatic rings. The molecule has 1 amide bonds. The number of ether oxygens (including phenoxy) is 2. The number of carbonyl (C=O) groups excluding carboxylic acids is 2. The molecule has 2 N–H and O–H groups in total. The predicted molar refractivity (Wildman–Crippen MR) is 57.1 cm³/mol. The van der Waals surface area contributed by atoms with Crippen LogP contribution in [0.3, 0.4) is 0 Å². The third-order valence-corrected chi connectivity index (χ3v) is 2.01. The largest absolute Gasteiger partial charge is 0.497 e. The van der Waals surface area contributed by atoms with Gasteiger partial charge in [0.05, 0.1) is 12.7 Å². The van der Waals surface area contributed by atoms with Crippen molar-refractivity contribution in [3.63, 3.8) is 0 Å². The highest BCUT2D eigenvalue weighted by molar-refractivity contribution is 5.91. The summed E-state index contributed by atoms with van der Waals surface area (Å²) in [6.45, 7) is 1.42.